The number of fused-ring (bicyclic) bond motifs is 3. The summed E-state index contributed by atoms with van der Waals surface area (Å²) < 4.78 is 7.16. The van der Waals surface area contributed by atoms with E-state index in [0.717, 1.165) is 21.8 Å². The molecule has 0 aliphatic heterocycles. The van der Waals surface area contributed by atoms with Crippen molar-refractivity contribution < 1.29 is 21.3 Å². The number of benzene rings is 4. The minimum atomic E-state index is -2.81. The molecule has 5 heteroatoms. The van der Waals surface area contributed by atoms with Gasteiger partial charge in [0.2, 0.25) is 0 Å². The zero-order valence-corrected chi connectivity index (χ0v) is 35.3. The van der Waals surface area contributed by atoms with Crippen LogP contribution in [0, 0.1) is 13.8 Å². The fraction of sp³-hybridized carbons (Fsp3) is 0.293. The van der Waals surface area contributed by atoms with Crippen molar-refractivity contribution in [1.82, 2.24) is 0 Å². The predicted molar refractivity (Wildman–Crippen MR) is 209 cm³/mol. The molecule has 4 aromatic carbocycles. The van der Waals surface area contributed by atoms with E-state index in [2.05, 4.69) is 172 Å². The van der Waals surface area contributed by atoms with Gasteiger partial charge in [-0.3, -0.25) is 0 Å². The van der Waals surface area contributed by atoms with Crippen LogP contribution in [0.25, 0.3) is 11.1 Å². The second-order valence-electron chi connectivity index (χ2n) is 14.5. The Bertz CT molecular complexity index is 1870. The van der Waals surface area contributed by atoms with Gasteiger partial charge in [0.1, 0.15) is 0 Å². The monoisotopic (exact) mass is 854 g/mol. The zero-order chi connectivity index (χ0) is 31.6. The van der Waals surface area contributed by atoms with Gasteiger partial charge < -0.3 is 0 Å². The summed E-state index contributed by atoms with van der Waals surface area (Å²) in [6.45, 7) is 19.0. The molecule has 2 aliphatic carbocycles. The number of halogens is 4. The fourth-order valence-corrected chi connectivity index (χ4v) is 16.5. The van der Waals surface area contributed by atoms with Gasteiger partial charge in [-0.15, -0.1) is 24.8 Å². The van der Waals surface area contributed by atoms with Gasteiger partial charge in [-0.1, -0.05) is 0 Å². The topological polar surface area (TPSA) is 0 Å². The summed E-state index contributed by atoms with van der Waals surface area (Å²) in [6, 6.07) is 25.7. The van der Waals surface area contributed by atoms with E-state index < -0.39 is 21.3 Å². The summed E-state index contributed by atoms with van der Waals surface area (Å²) >= 11 is 4.85. The van der Waals surface area contributed by atoms with Crippen molar-refractivity contribution in [3.05, 3.63) is 142 Å². The number of aryl methyl sites for hydroxylation is 1. The van der Waals surface area contributed by atoms with Crippen molar-refractivity contribution in [2.24, 2.45) is 0 Å². The molecule has 240 valence electrons. The minimum Gasteiger partial charge on any atom is -0.147 e. The Labute approximate surface area is 313 Å². The molecule has 0 N–H and O–H groups in total. The third kappa shape index (κ3) is 7.16. The molecule has 4 aromatic rings. The average Bonchev–Trinajstić information content (AvgIpc) is 3.58. The van der Waals surface area contributed by atoms with E-state index in [1.54, 1.807) is 15.3 Å². The van der Waals surface area contributed by atoms with Gasteiger partial charge in [-0.05, 0) is 0 Å². The van der Waals surface area contributed by atoms with Crippen LogP contribution in [0.3, 0.4) is 0 Å². The normalized spacial score (nSPS) is 13.4. The molecule has 0 radical (unpaired) electrons. The first-order chi connectivity index (χ1) is 20.7. The van der Waals surface area contributed by atoms with Crippen LogP contribution in [-0.4, -0.2) is 3.21 Å². The smallest absolute Gasteiger partial charge is 0.147 e. The van der Waals surface area contributed by atoms with Crippen molar-refractivity contribution in [1.29, 1.82) is 0 Å². The van der Waals surface area contributed by atoms with Crippen LogP contribution in [0.4, 0.5) is 0 Å². The molecule has 0 unspecified atom stereocenters. The Balaban J connectivity index is 0.00000240. The molecule has 0 fully saturated rings. The fourth-order valence-electron chi connectivity index (χ4n) is 7.36. The number of allylic oxidation sites excluding steroid dienone is 4. The molecule has 6 rings (SSSR count). The van der Waals surface area contributed by atoms with E-state index in [4.69, 9.17) is 0 Å². The largest absolute Gasteiger partial charge is 0.147 e. The summed E-state index contributed by atoms with van der Waals surface area (Å²) in [5.74, 6) is 0. The van der Waals surface area contributed by atoms with E-state index >= 15 is 0 Å². The maximum Gasteiger partial charge on any atom is -0.147 e. The molecule has 0 heterocycles. The summed E-state index contributed by atoms with van der Waals surface area (Å²) in [6.07, 6.45) is 9.20. The van der Waals surface area contributed by atoms with Crippen molar-refractivity contribution in [2.75, 3.05) is 0 Å². The molecule has 0 saturated heterocycles. The van der Waals surface area contributed by atoms with Gasteiger partial charge in [-0.2, -0.15) is 0 Å². The molecule has 0 bridgehead atoms. The minimum absolute atomic E-state index is 0. The van der Waals surface area contributed by atoms with E-state index in [9.17, 15) is 0 Å². The maximum absolute atomic E-state index is 3.83. The molecule has 0 saturated carbocycles. The van der Waals surface area contributed by atoms with E-state index in [1.807, 2.05) is 0 Å². The summed E-state index contributed by atoms with van der Waals surface area (Å²) in [5, 5.41) is 0. The number of rotatable bonds is 4. The van der Waals surface area contributed by atoms with Gasteiger partial charge in [-0.25, -0.2) is 0 Å². The van der Waals surface area contributed by atoms with Crippen LogP contribution < -0.4 is 3.27 Å². The molecular weight excluding hydrogens is 814 g/mol. The van der Waals surface area contributed by atoms with Crippen molar-refractivity contribution in [2.45, 2.75) is 79.1 Å². The van der Waals surface area contributed by atoms with Crippen LogP contribution in [-0.2, 0) is 38.5 Å². The molecular formula is C41H44Br2Cl2Zr. The molecule has 0 spiro atoms. The summed E-state index contributed by atoms with van der Waals surface area (Å²) in [5.41, 5.74) is 14.7. The quantitative estimate of drug-likeness (QED) is 0.169. The second kappa shape index (κ2) is 14.3. The second-order valence-corrected chi connectivity index (χ2v) is 22.3. The van der Waals surface area contributed by atoms with Gasteiger partial charge >= 0.3 is 291 Å². The van der Waals surface area contributed by atoms with Crippen LogP contribution in [0.2, 0.25) is 0 Å². The zero-order valence-electron chi connectivity index (χ0n) is 28.1. The molecule has 0 atom stereocenters. The Morgan fingerprint density at radius 2 is 1.28 bits per heavy atom. The number of hydrogen-bond acceptors (Lipinski definition) is 0. The van der Waals surface area contributed by atoms with Gasteiger partial charge in [0, 0.05) is 0 Å². The standard InChI is InChI=1S/C23H29.C13H8Br2.C5H5.2ClH.Zr/c1-14-9-16-11-17-10-15(2)21(23(6,7)8)13-19(17)18(16)12-20(14)22(3,4)5;14-12-5-1-3-10(8-12)7-11-4-2-6-13(15)9-11;1-2-4-5-3-1;;;/h9,12-13H,11H2,1-8H3;1-6,8-9H;1-3H,4H2;2*1H;. The first kappa shape index (κ1) is 37.5. The van der Waals surface area contributed by atoms with Crippen LogP contribution in [0.1, 0.15) is 92.5 Å². The first-order valence-electron chi connectivity index (χ1n) is 15.7. The summed E-state index contributed by atoms with van der Waals surface area (Å²) in [7, 11) is 0. The van der Waals surface area contributed by atoms with Crippen molar-refractivity contribution in [3.63, 3.8) is 0 Å². The third-order valence-corrected chi connectivity index (χ3v) is 18.3. The van der Waals surface area contributed by atoms with E-state index in [-0.39, 0.29) is 35.6 Å². The van der Waals surface area contributed by atoms with Gasteiger partial charge in [0.25, 0.3) is 0 Å². The molecule has 0 aromatic heterocycles. The van der Waals surface area contributed by atoms with Crippen LogP contribution in [0.15, 0.2) is 97.2 Å². The Hall–Kier alpha value is -1.35. The van der Waals surface area contributed by atoms with Gasteiger partial charge in [0.15, 0.2) is 0 Å². The molecule has 46 heavy (non-hydrogen) atoms. The van der Waals surface area contributed by atoms with E-state index in [0.29, 0.717) is 0 Å². The molecule has 2 aliphatic rings. The summed E-state index contributed by atoms with van der Waals surface area (Å²) in [4.78, 5) is 0. The molecule has 0 amide bonds. The molecule has 0 nitrogen and oxygen atoms in total. The Morgan fingerprint density at radius 1 is 0.717 bits per heavy atom. The van der Waals surface area contributed by atoms with Crippen molar-refractivity contribution in [3.8, 4) is 11.1 Å². The van der Waals surface area contributed by atoms with Crippen LogP contribution >= 0.6 is 56.7 Å². The van der Waals surface area contributed by atoms with Gasteiger partial charge in [0.05, 0.1) is 0 Å². The maximum atomic E-state index is 3.83. The van der Waals surface area contributed by atoms with Crippen molar-refractivity contribution >= 4 is 63.2 Å². The SMILES string of the molecule is Cc1cc2c(cc1C(C)(C)C)-c1cc(C(C)(C)C)c(C)[c]([Zr]([C]3=CC=CC3)=[C](c3cccc(Br)c3)c3cccc(Br)c3)c1C2.Cl.Cl. The first-order valence-corrected chi connectivity index (χ1v) is 21.0. The van der Waals surface area contributed by atoms with Crippen LogP contribution in [0.5, 0.6) is 0 Å². The number of hydrogen-bond donors (Lipinski definition) is 0. The van der Waals surface area contributed by atoms with E-state index in [1.165, 1.54) is 50.1 Å². The predicted octanol–water partition coefficient (Wildman–Crippen LogP) is 12.2. The Morgan fingerprint density at radius 3 is 1.78 bits per heavy atom. The Kier molecular flexibility index (Phi) is 11.6. The third-order valence-electron chi connectivity index (χ3n) is 9.24. The average molecular weight is 859 g/mol.